The third kappa shape index (κ3) is 2.69. The van der Waals surface area contributed by atoms with Crippen LogP contribution in [0.15, 0.2) is 0 Å². The van der Waals surface area contributed by atoms with Gasteiger partial charge in [-0.05, 0) is 40.2 Å². The number of amides is 1. The smallest absolute Gasteiger partial charge is 0.239 e. The zero-order chi connectivity index (χ0) is 11.5. The van der Waals surface area contributed by atoms with E-state index in [9.17, 15) is 4.79 Å². The van der Waals surface area contributed by atoms with Gasteiger partial charge in [0.25, 0.3) is 0 Å². The maximum absolute atomic E-state index is 11.8. The third-order valence-corrected chi connectivity index (χ3v) is 3.19. The van der Waals surface area contributed by atoms with Crippen LogP contribution >= 0.6 is 0 Å². The van der Waals surface area contributed by atoms with E-state index in [1.165, 1.54) is 0 Å². The molecule has 1 saturated carbocycles. The molecule has 15 heavy (non-hydrogen) atoms. The number of nitrogens with zero attached hydrogens (tertiary/aromatic N) is 1. The van der Waals surface area contributed by atoms with Gasteiger partial charge >= 0.3 is 0 Å². The first kappa shape index (κ1) is 12.0. The van der Waals surface area contributed by atoms with E-state index in [0.29, 0.717) is 0 Å². The van der Waals surface area contributed by atoms with E-state index < -0.39 is 5.54 Å². The average molecular weight is 209 g/mol. The Bertz CT molecular complexity index is 280. The van der Waals surface area contributed by atoms with Gasteiger partial charge in [0.1, 0.15) is 0 Å². The molecule has 84 valence electrons. The number of nitriles is 1. The molecule has 0 aromatic carbocycles. The Labute approximate surface area is 91.0 Å². The van der Waals surface area contributed by atoms with Gasteiger partial charge in [-0.15, -0.1) is 0 Å². The van der Waals surface area contributed by atoms with Crippen molar-refractivity contribution < 1.29 is 4.79 Å². The number of rotatable bonds is 3. The number of nitrogens with one attached hydrogen (secondary N) is 2. The Kier molecular flexibility index (Phi) is 3.70. The molecule has 1 fully saturated rings. The number of hydrogen-bond acceptors (Lipinski definition) is 3. The van der Waals surface area contributed by atoms with Crippen LogP contribution in [0, 0.1) is 17.2 Å². The van der Waals surface area contributed by atoms with Gasteiger partial charge in [0.2, 0.25) is 5.91 Å². The molecular weight excluding hydrogens is 190 g/mol. The van der Waals surface area contributed by atoms with Crippen molar-refractivity contribution in [1.82, 2.24) is 10.6 Å². The fourth-order valence-corrected chi connectivity index (χ4v) is 1.75. The second-order valence-electron chi connectivity index (χ2n) is 4.62. The van der Waals surface area contributed by atoms with Crippen LogP contribution in [0.2, 0.25) is 0 Å². The maximum atomic E-state index is 11.8. The van der Waals surface area contributed by atoms with Crippen molar-refractivity contribution in [2.45, 2.75) is 44.7 Å². The van der Waals surface area contributed by atoms with Crippen molar-refractivity contribution in [1.29, 1.82) is 5.26 Å². The lowest BCUT2D eigenvalue weighted by molar-refractivity contribution is -0.127. The molecule has 4 nitrogen and oxygen atoms in total. The molecule has 0 spiro atoms. The zero-order valence-electron chi connectivity index (χ0n) is 9.63. The van der Waals surface area contributed by atoms with Crippen molar-refractivity contribution in [2.75, 3.05) is 7.05 Å². The molecule has 2 atom stereocenters. The van der Waals surface area contributed by atoms with Crippen molar-refractivity contribution in [3.63, 3.8) is 0 Å². The van der Waals surface area contributed by atoms with E-state index in [1.54, 1.807) is 7.05 Å². The molecule has 1 amide bonds. The second-order valence-corrected chi connectivity index (χ2v) is 4.62. The fourth-order valence-electron chi connectivity index (χ4n) is 1.75. The molecule has 0 heterocycles. The van der Waals surface area contributed by atoms with Crippen molar-refractivity contribution >= 4 is 5.91 Å². The molecule has 1 aliphatic carbocycles. The summed E-state index contributed by atoms with van der Waals surface area (Å²) < 4.78 is 0. The highest BCUT2D eigenvalue weighted by Crippen LogP contribution is 2.25. The minimum Gasteiger partial charge on any atom is -0.350 e. The minimum atomic E-state index is -0.567. The number of carbonyl (C=O) groups is 1. The quantitative estimate of drug-likeness (QED) is 0.722. The highest BCUT2D eigenvalue weighted by Gasteiger charge is 2.33. The van der Waals surface area contributed by atoms with E-state index in [2.05, 4.69) is 16.7 Å². The topological polar surface area (TPSA) is 64.9 Å². The standard InChI is InChI=1S/C11H19N3O/c1-11(2,13-3)10(15)14-9-6-4-5-8(9)7-12/h8-9,13H,4-6H2,1-3H3,(H,14,15). The molecular formula is C11H19N3O. The van der Waals surface area contributed by atoms with Crippen LogP contribution in [-0.4, -0.2) is 24.5 Å². The molecule has 1 aliphatic rings. The van der Waals surface area contributed by atoms with E-state index in [-0.39, 0.29) is 17.9 Å². The van der Waals surface area contributed by atoms with Crippen LogP contribution < -0.4 is 10.6 Å². The summed E-state index contributed by atoms with van der Waals surface area (Å²) in [5.41, 5.74) is -0.567. The van der Waals surface area contributed by atoms with Crippen LogP contribution in [-0.2, 0) is 4.79 Å². The Hall–Kier alpha value is -1.08. The molecule has 2 N–H and O–H groups in total. The van der Waals surface area contributed by atoms with Gasteiger partial charge in [0.15, 0.2) is 0 Å². The van der Waals surface area contributed by atoms with Crippen LogP contribution in [0.4, 0.5) is 0 Å². The first-order chi connectivity index (χ1) is 7.01. The molecule has 4 heteroatoms. The van der Waals surface area contributed by atoms with Crippen LogP contribution in [0.25, 0.3) is 0 Å². The Morgan fingerprint density at radius 3 is 2.67 bits per heavy atom. The van der Waals surface area contributed by atoms with Crippen molar-refractivity contribution in [3.8, 4) is 6.07 Å². The van der Waals surface area contributed by atoms with Gasteiger partial charge < -0.3 is 10.6 Å². The number of hydrogen-bond donors (Lipinski definition) is 2. The summed E-state index contributed by atoms with van der Waals surface area (Å²) in [6.45, 7) is 3.66. The summed E-state index contributed by atoms with van der Waals surface area (Å²) in [5.74, 6) is -0.0428. The van der Waals surface area contributed by atoms with Gasteiger partial charge in [0, 0.05) is 6.04 Å². The predicted octanol–water partition coefficient (Wildman–Crippen LogP) is 0.793. The summed E-state index contributed by atoms with van der Waals surface area (Å²) in [7, 11) is 1.76. The minimum absolute atomic E-state index is 0.0124. The molecule has 0 aromatic rings. The average Bonchev–Trinajstić information content (AvgIpc) is 2.65. The summed E-state index contributed by atoms with van der Waals surface area (Å²) in [4.78, 5) is 11.8. The molecule has 2 unspecified atom stereocenters. The highest BCUT2D eigenvalue weighted by molar-refractivity contribution is 5.85. The predicted molar refractivity (Wildman–Crippen MR) is 58.0 cm³/mol. The third-order valence-electron chi connectivity index (χ3n) is 3.19. The van der Waals surface area contributed by atoms with E-state index in [4.69, 9.17) is 5.26 Å². The van der Waals surface area contributed by atoms with Gasteiger partial charge in [-0.25, -0.2) is 0 Å². The van der Waals surface area contributed by atoms with Crippen LogP contribution in [0.3, 0.4) is 0 Å². The second kappa shape index (κ2) is 4.63. The molecule has 0 saturated heterocycles. The maximum Gasteiger partial charge on any atom is 0.239 e. The SMILES string of the molecule is CNC(C)(C)C(=O)NC1CCCC1C#N. The Morgan fingerprint density at radius 1 is 1.47 bits per heavy atom. The van der Waals surface area contributed by atoms with Crippen molar-refractivity contribution in [2.24, 2.45) is 5.92 Å². The molecule has 1 rings (SSSR count). The molecule has 0 radical (unpaired) electrons. The Balaban J connectivity index is 2.55. The lowest BCUT2D eigenvalue weighted by Gasteiger charge is -2.26. The van der Waals surface area contributed by atoms with Gasteiger partial charge in [-0.3, -0.25) is 4.79 Å². The lowest BCUT2D eigenvalue weighted by atomic mass is 10.0. The van der Waals surface area contributed by atoms with Crippen molar-refractivity contribution in [3.05, 3.63) is 0 Å². The van der Waals surface area contributed by atoms with E-state index in [1.807, 2.05) is 13.8 Å². The summed E-state index contributed by atoms with van der Waals surface area (Å²) >= 11 is 0. The number of likely N-dealkylation sites (N-methyl/N-ethyl adjacent to an activating group) is 1. The summed E-state index contributed by atoms with van der Waals surface area (Å²) in [6, 6.07) is 2.29. The number of carbonyl (C=O) groups excluding carboxylic acids is 1. The largest absolute Gasteiger partial charge is 0.350 e. The van der Waals surface area contributed by atoms with Crippen LogP contribution in [0.1, 0.15) is 33.1 Å². The molecule has 0 bridgehead atoms. The normalized spacial score (nSPS) is 26.0. The molecule has 0 aromatic heterocycles. The van der Waals surface area contributed by atoms with E-state index in [0.717, 1.165) is 19.3 Å². The molecule has 0 aliphatic heterocycles. The van der Waals surface area contributed by atoms with Gasteiger partial charge in [-0.1, -0.05) is 0 Å². The summed E-state index contributed by atoms with van der Waals surface area (Å²) in [6.07, 6.45) is 2.86. The fraction of sp³-hybridized carbons (Fsp3) is 0.818. The summed E-state index contributed by atoms with van der Waals surface area (Å²) in [5, 5.41) is 14.8. The van der Waals surface area contributed by atoms with Gasteiger partial charge in [0.05, 0.1) is 17.5 Å². The zero-order valence-corrected chi connectivity index (χ0v) is 9.63. The first-order valence-electron chi connectivity index (χ1n) is 5.40. The van der Waals surface area contributed by atoms with Crippen LogP contribution in [0.5, 0.6) is 0 Å². The highest BCUT2D eigenvalue weighted by atomic mass is 16.2. The first-order valence-corrected chi connectivity index (χ1v) is 5.40. The monoisotopic (exact) mass is 209 g/mol. The lowest BCUT2D eigenvalue weighted by Crippen LogP contribution is -2.54. The van der Waals surface area contributed by atoms with E-state index >= 15 is 0 Å². The van der Waals surface area contributed by atoms with Gasteiger partial charge in [-0.2, -0.15) is 5.26 Å². The Morgan fingerprint density at radius 2 is 2.13 bits per heavy atom.